The zero-order chi connectivity index (χ0) is 23.5. The van der Waals surface area contributed by atoms with Gasteiger partial charge in [0.1, 0.15) is 11.4 Å². The third-order valence-electron chi connectivity index (χ3n) is 6.19. The molecule has 0 saturated heterocycles. The average molecular weight is 478 g/mol. The summed E-state index contributed by atoms with van der Waals surface area (Å²) in [6, 6.07) is 15.1. The zero-order valence-corrected chi connectivity index (χ0v) is 19.1. The van der Waals surface area contributed by atoms with Crippen LogP contribution in [0.15, 0.2) is 54.7 Å². The smallest absolute Gasteiger partial charge is 0.269 e. The number of nitrogens with one attached hydrogen (secondary N) is 3. The molecule has 10 heteroatoms. The lowest BCUT2D eigenvalue weighted by Crippen LogP contribution is -2.38. The maximum atomic E-state index is 10.8. The summed E-state index contributed by atoms with van der Waals surface area (Å²) in [4.78, 5) is 19.5. The van der Waals surface area contributed by atoms with Crippen molar-refractivity contribution < 1.29 is 4.92 Å². The SMILES string of the molecule is O=[N+]([O-])c1ccc(CNC2CCCC(Nc3ncc(Cl)c(-c4n[nH]c5ccccc45)n3)C2)cc1. The molecule has 1 fully saturated rings. The predicted octanol–water partition coefficient (Wildman–Crippen LogP) is 5.09. The van der Waals surface area contributed by atoms with Crippen molar-refractivity contribution in [3.63, 3.8) is 0 Å². The second-order valence-corrected chi connectivity index (χ2v) is 8.92. The number of hydrogen-bond donors (Lipinski definition) is 3. The Morgan fingerprint density at radius 3 is 2.71 bits per heavy atom. The third kappa shape index (κ3) is 4.85. The highest BCUT2D eigenvalue weighted by atomic mass is 35.5. The average Bonchev–Trinajstić information content (AvgIpc) is 3.28. The molecule has 2 unspecified atom stereocenters. The summed E-state index contributed by atoms with van der Waals surface area (Å²) in [7, 11) is 0. The minimum Gasteiger partial charge on any atom is -0.351 e. The van der Waals surface area contributed by atoms with Crippen LogP contribution in [-0.4, -0.2) is 37.2 Å². The summed E-state index contributed by atoms with van der Waals surface area (Å²) >= 11 is 6.43. The lowest BCUT2D eigenvalue weighted by Gasteiger charge is -2.30. The molecule has 4 aromatic rings. The maximum absolute atomic E-state index is 10.8. The van der Waals surface area contributed by atoms with E-state index in [1.54, 1.807) is 30.5 Å². The van der Waals surface area contributed by atoms with Gasteiger partial charge in [-0.3, -0.25) is 15.2 Å². The van der Waals surface area contributed by atoms with Gasteiger partial charge in [0, 0.05) is 36.1 Å². The largest absolute Gasteiger partial charge is 0.351 e. The third-order valence-corrected chi connectivity index (χ3v) is 6.46. The molecule has 0 spiro atoms. The molecule has 34 heavy (non-hydrogen) atoms. The fourth-order valence-corrected chi connectivity index (χ4v) is 4.61. The highest BCUT2D eigenvalue weighted by molar-refractivity contribution is 6.33. The van der Waals surface area contributed by atoms with Gasteiger partial charge in [-0.1, -0.05) is 41.9 Å². The molecule has 174 valence electrons. The standard InChI is InChI=1S/C24H24ClN7O2/c25-20-14-27-24(29-23(20)22-19-6-1-2-7-21(19)30-31-22)28-17-5-3-4-16(12-17)26-13-15-8-10-18(11-9-15)32(33)34/h1-2,6-11,14,16-17,26H,3-5,12-13H2,(H,30,31)(H,27,28,29). The Morgan fingerprint density at radius 1 is 1.09 bits per heavy atom. The summed E-state index contributed by atoms with van der Waals surface area (Å²) in [5.74, 6) is 0.535. The van der Waals surface area contributed by atoms with E-state index in [2.05, 4.69) is 30.8 Å². The number of halogens is 1. The molecule has 1 saturated carbocycles. The van der Waals surface area contributed by atoms with Crippen molar-refractivity contribution in [3.05, 3.63) is 75.4 Å². The first-order chi connectivity index (χ1) is 16.6. The number of aromatic nitrogens is 4. The Hall–Kier alpha value is -3.56. The minimum atomic E-state index is -0.382. The van der Waals surface area contributed by atoms with E-state index in [4.69, 9.17) is 11.6 Å². The maximum Gasteiger partial charge on any atom is 0.269 e. The Labute approximate surface area is 201 Å². The van der Waals surface area contributed by atoms with Crippen LogP contribution in [0.1, 0.15) is 31.2 Å². The number of nitro groups is 1. The van der Waals surface area contributed by atoms with E-state index in [0.29, 0.717) is 34.9 Å². The van der Waals surface area contributed by atoms with Gasteiger partial charge in [-0.2, -0.15) is 5.10 Å². The number of H-pyrrole nitrogens is 1. The number of benzene rings is 2. The molecule has 1 aliphatic carbocycles. The van der Waals surface area contributed by atoms with Crippen molar-refractivity contribution >= 4 is 34.1 Å². The van der Waals surface area contributed by atoms with Crippen LogP contribution < -0.4 is 10.6 Å². The highest BCUT2D eigenvalue weighted by Crippen LogP contribution is 2.31. The fourth-order valence-electron chi connectivity index (χ4n) is 4.43. The molecule has 0 amide bonds. The summed E-state index contributed by atoms with van der Waals surface area (Å²) in [5.41, 5.74) is 3.36. The molecule has 2 aromatic heterocycles. The number of rotatable bonds is 7. The highest BCUT2D eigenvalue weighted by Gasteiger charge is 2.23. The number of hydrogen-bond acceptors (Lipinski definition) is 7. The molecule has 0 aliphatic heterocycles. The number of aromatic amines is 1. The summed E-state index contributed by atoms with van der Waals surface area (Å²) in [6.45, 7) is 0.670. The van der Waals surface area contributed by atoms with Crippen molar-refractivity contribution in [2.75, 3.05) is 5.32 Å². The van der Waals surface area contributed by atoms with Crippen LogP contribution in [0.25, 0.3) is 22.3 Å². The second kappa shape index (κ2) is 9.74. The van der Waals surface area contributed by atoms with E-state index in [-0.39, 0.29) is 16.7 Å². The number of fused-ring (bicyclic) bond motifs is 1. The first-order valence-corrected chi connectivity index (χ1v) is 11.6. The molecule has 5 rings (SSSR count). The Balaban J connectivity index is 1.24. The molecule has 2 heterocycles. The monoisotopic (exact) mass is 477 g/mol. The minimum absolute atomic E-state index is 0.107. The molecule has 9 nitrogen and oxygen atoms in total. The normalized spacial score (nSPS) is 18.1. The van der Waals surface area contributed by atoms with Crippen molar-refractivity contribution in [3.8, 4) is 11.4 Å². The topological polar surface area (TPSA) is 122 Å². The van der Waals surface area contributed by atoms with E-state index >= 15 is 0 Å². The number of anilines is 1. The van der Waals surface area contributed by atoms with Crippen molar-refractivity contribution in [2.24, 2.45) is 0 Å². The van der Waals surface area contributed by atoms with Gasteiger partial charge in [-0.05, 0) is 37.3 Å². The van der Waals surface area contributed by atoms with Gasteiger partial charge < -0.3 is 10.6 Å². The first-order valence-electron chi connectivity index (χ1n) is 11.3. The first kappa shape index (κ1) is 22.2. The summed E-state index contributed by atoms with van der Waals surface area (Å²) < 4.78 is 0. The Morgan fingerprint density at radius 2 is 1.88 bits per heavy atom. The zero-order valence-electron chi connectivity index (χ0n) is 18.4. The molecule has 0 radical (unpaired) electrons. The van der Waals surface area contributed by atoms with Crippen molar-refractivity contribution in [2.45, 2.75) is 44.3 Å². The number of para-hydroxylation sites is 1. The van der Waals surface area contributed by atoms with Crippen molar-refractivity contribution in [1.29, 1.82) is 0 Å². The van der Waals surface area contributed by atoms with Gasteiger partial charge in [0.2, 0.25) is 5.95 Å². The van der Waals surface area contributed by atoms with Gasteiger partial charge in [0.25, 0.3) is 5.69 Å². The predicted molar refractivity (Wildman–Crippen MR) is 132 cm³/mol. The number of nitrogens with zero attached hydrogens (tertiary/aromatic N) is 4. The van der Waals surface area contributed by atoms with Gasteiger partial charge in [0.05, 0.1) is 21.7 Å². The lowest BCUT2D eigenvalue weighted by atomic mass is 9.91. The van der Waals surface area contributed by atoms with E-state index in [1.165, 1.54) is 0 Å². The fraction of sp³-hybridized carbons (Fsp3) is 0.292. The number of nitro benzene ring substituents is 1. The molecule has 3 N–H and O–H groups in total. The molecular formula is C24H24ClN7O2. The summed E-state index contributed by atoms with van der Waals surface area (Å²) in [5, 5.41) is 26.7. The van der Waals surface area contributed by atoms with Crippen LogP contribution >= 0.6 is 11.6 Å². The van der Waals surface area contributed by atoms with Crippen LogP contribution in [0.4, 0.5) is 11.6 Å². The van der Waals surface area contributed by atoms with E-state index in [0.717, 1.165) is 42.1 Å². The van der Waals surface area contributed by atoms with Gasteiger partial charge in [0.15, 0.2) is 0 Å². The van der Waals surface area contributed by atoms with E-state index in [9.17, 15) is 10.1 Å². The van der Waals surface area contributed by atoms with Crippen molar-refractivity contribution in [1.82, 2.24) is 25.5 Å². The van der Waals surface area contributed by atoms with Crippen LogP contribution in [-0.2, 0) is 6.54 Å². The number of non-ortho nitro benzene ring substituents is 1. The molecule has 1 aliphatic rings. The van der Waals surface area contributed by atoms with Gasteiger partial charge in [-0.25, -0.2) is 9.97 Å². The van der Waals surface area contributed by atoms with Gasteiger partial charge >= 0.3 is 0 Å². The Bertz CT molecular complexity index is 1310. The van der Waals surface area contributed by atoms with Crippen LogP contribution in [0.2, 0.25) is 5.02 Å². The van der Waals surface area contributed by atoms with Crippen LogP contribution in [0.5, 0.6) is 0 Å². The van der Waals surface area contributed by atoms with E-state index < -0.39 is 0 Å². The molecule has 2 aromatic carbocycles. The second-order valence-electron chi connectivity index (χ2n) is 8.52. The molecular weight excluding hydrogens is 454 g/mol. The summed E-state index contributed by atoms with van der Waals surface area (Å²) in [6.07, 6.45) is 5.74. The lowest BCUT2D eigenvalue weighted by molar-refractivity contribution is -0.384. The van der Waals surface area contributed by atoms with E-state index in [1.807, 2.05) is 24.3 Å². The van der Waals surface area contributed by atoms with Gasteiger partial charge in [-0.15, -0.1) is 0 Å². The van der Waals surface area contributed by atoms with Crippen LogP contribution in [0, 0.1) is 10.1 Å². The molecule has 0 bridgehead atoms. The van der Waals surface area contributed by atoms with Crippen LogP contribution in [0.3, 0.4) is 0 Å². The Kier molecular flexibility index (Phi) is 6.37. The molecule has 2 atom stereocenters. The quantitative estimate of drug-likeness (QED) is 0.250.